The number of hydrogen-bond acceptors (Lipinski definition) is 3. The van der Waals surface area contributed by atoms with E-state index in [1.54, 1.807) is 6.92 Å². The fourth-order valence-corrected chi connectivity index (χ4v) is 3.49. The second-order valence-corrected chi connectivity index (χ2v) is 5.13. The topological polar surface area (TPSA) is 35.5 Å². The third-order valence-corrected chi connectivity index (χ3v) is 4.43. The monoisotopic (exact) mass is 226 g/mol. The second kappa shape index (κ2) is 4.46. The zero-order valence-electron chi connectivity index (χ0n) is 10.5. The van der Waals surface area contributed by atoms with Gasteiger partial charge in [-0.25, -0.2) is 0 Å². The highest BCUT2D eigenvalue weighted by atomic mass is 16.7. The van der Waals surface area contributed by atoms with Gasteiger partial charge in [0, 0.05) is 18.3 Å². The second-order valence-electron chi connectivity index (χ2n) is 5.13. The van der Waals surface area contributed by atoms with E-state index in [-0.39, 0.29) is 11.7 Å². The Morgan fingerprint density at radius 1 is 1.38 bits per heavy atom. The van der Waals surface area contributed by atoms with E-state index in [4.69, 9.17) is 9.47 Å². The summed E-state index contributed by atoms with van der Waals surface area (Å²) in [5.41, 5.74) is 0. The number of carbonyl (C=O) groups excluding carboxylic acids is 1. The van der Waals surface area contributed by atoms with Crippen LogP contribution in [-0.2, 0) is 14.3 Å². The number of hydrogen-bond donors (Lipinski definition) is 0. The predicted octanol–water partition coefficient (Wildman–Crippen LogP) is 2.39. The molecule has 1 aliphatic heterocycles. The Morgan fingerprint density at radius 2 is 2.00 bits per heavy atom. The summed E-state index contributed by atoms with van der Waals surface area (Å²) in [6.45, 7) is 7.45. The summed E-state index contributed by atoms with van der Waals surface area (Å²) in [5.74, 6) is 0.879. The molecule has 1 saturated heterocycles. The summed E-state index contributed by atoms with van der Waals surface area (Å²) in [4.78, 5) is 11.6. The maximum Gasteiger partial charge on any atom is 0.171 e. The van der Waals surface area contributed by atoms with Crippen LogP contribution >= 0.6 is 0 Å². The fraction of sp³-hybridized carbons (Fsp3) is 0.923. The summed E-state index contributed by atoms with van der Waals surface area (Å²) in [7, 11) is 0. The van der Waals surface area contributed by atoms with Crippen LogP contribution in [0.3, 0.4) is 0 Å². The molecule has 3 nitrogen and oxygen atoms in total. The molecule has 0 amide bonds. The summed E-state index contributed by atoms with van der Waals surface area (Å²) >= 11 is 0. The lowest BCUT2D eigenvalue weighted by Crippen LogP contribution is -2.49. The van der Waals surface area contributed by atoms with Crippen molar-refractivity contribution in [3.05, 3.63) is 0 Å². The lowest BCUT2D eigenvalue weighted by Gasteiger charge is -2.45. The van der Waals surface area contributed by atoms with E-state index in [0.29, 0.717) is 30.8 Å². The van der Waals surface area contributed by atoms with Crippen LogP contribution in [0.5, 0.6) is 0 Å². The van der Waals surface area contributed by atoms with Gasteiger partial charge in [-0.05, 0) is 19.3 Å². The van der Waals surface area contributed by atoms with Crippen LogP contribution in [0.4, 0.5) is 0 Å². The molecule has 0 aromatic heterocycles. The number of carbonyl (C=O) groups is 1. The van der Waals surface area contributed by atoms with Gasteiger partial charge in [0.1, 0.15) is 5.78 Å². The molecule has 3 unspecified atom stereocenters. The van der Waals surface area contributed by atoms with Gasteiger partial charge in [0.15, 0.2) is 5.79 Å². The maximum atomic E-state index is 11.6. The SMILES string of the molecule is CCC1C(C(C)=O)CCC2(OCCO2)C1C. The highest BCUT2D eigenvalue weighted by Gasteiger charge is 2.51. The molecule has 1 saturated carbocycles. The normalized spacial score (nSPS) is 37.8. The van der Waals surface area contributed by atoms with Gasteiger partial charge in [0.05, 0.1) is 13.2 Å². The minimum Gasteiger partial charge on any atom is -0.347 e. The van der Waals surface area contributed by atoms with Crippen molar-refractivity contribution < 1.29 is 14.3 Å². The molecular formula is C13H22O3. The van der Waals surface area contributed by atoms with Crippen molar-refractivity contribution in [1.82, 2.24) is 0 Å². The number of rotatable bonds is 2. The number of Topliss-reactive ketones (excluding diaryl/α,β-unsaturated/α-hetero) is 1. The van der Waals surface area contributed by atoms with Gasteiger partial charge in [-0.3, -0.25) is 4.79 Å². The van der Waals surface area contributed by atoms with Crippen molar-refractivity contribution in [2.45, 2.75) is 45.8 Å². The molecule has 0 radical (unpaired) electrons. The Morgan fingerprint density at radius 3 is 2.50 bits per heavy atom. The largest absolute Gasteiger partial charge is 0.347 e. The van der Waals surface area contributed by atoms with Crippen molar-refractivity contribution in [1.29, 1.82) is 0 Å². The quantitative estimate of drug-likeness (QED) is 0.725. The smallest absolute Gasteiger partial charge is 0.171 e. The minimum atomic E-state index is -0.382. The van der Waals surface area contributed by atoms with E-state index in [0.717, 1.165) is 19.3 Å². The molecule has 0 N–H and O–H groups in total. The summed E-state index contributed by atoms with van der Waals surface area (Å²) < 4.78 is 11.6. The molecular weight excluding hydrogens is 204 g/mol. The van der Waals surface area contributed by atoms with Crippen molar-refractivity contribution in [3.8, 4) is 0 Å². The van der Waals surface area contributed by atoms with Gasteiger partial charge < -0.3 is 9.47 Å². The van der Waals surface area contributed by atoms with Gasteiger partial charge in [-0.15, -0.1) is 0 Å². The van der Waals surface area contributed by atoms with E-state index in [2.05, 4.69) is 13.8 Å². The highest BCUT2D eigenvalue weighted by Crippen LogP contribution is 2.47. The van der Waals surface area contributed by atoms with Crippen molar-refractivity contribution in [2.24, 2.45) is 17.8 Å². The van der Waals surface area contributed by atoms with Crippen LogP contribution < -0.4 is 0 Å². The van der Waals surface area contributed by atoms with Gasteiger partial charge in [0.25, 0.3) is 0 Å². The summed E-state index contributed by atoms with van der Waals surface area (Å²) in [6, 6.07) is 0. The van der Waals surface area contributed by atoms with E-state index >= 15 is 0 Å². The van der Waals surface area contributed by atoms with E-state index < -0.39 is 0 Å². The van der Waals surface area contributed by atoms with E-state index in [9.17, 15) is 4.79 Å². The molecule has 3 heteroatoms. The summed E-state index contributed by atoms with van der Waals surface area (Å²) in [6.07, 6.45) is 2.81. The van der Waals surface area contributed by atoms with Crippen LogP contribution in [0, 0.1) is 17.8 Å². The molecule has 2 fully saturated rings. The summed E-state index contributed by atoms with van der Waals surface area (Å²) in [5, 5.41) is 0. The molecule has 1 aliphatic carbocycles. The Balaban J connectivity index is 2.17. The van der Waals surface area contributed by atoms with E-state index in [1.165, 1.54) is 0 Å². The standard InChI is InChI=1S/C13H22O3/c1-4-11-9(2)13(15-7-8-16-13)6-5-12(11)10(3)14/h9,11-12H,4-8H2,1-3H3. The molecule has 0 aromatic carbocycles. The highest BCUT2D eigenvalue weighted by molar-refractivity contribution is 5.78. The first kappa shape index (κ1) is 12.1. The van der Waals surface area contributed by atoms with Crippen LogP contribution in [0.15, 0.2) is 0 Å². The van der Waals surface area contributed by atoms with Crippen LogP contribution in [-0.4, -0.2) is 24.8 Å². The van der Waals surface area contributed by atoms with Crippen molar-refractivity contribution in [3.63, 3.8) is 0 Å². The zero-order chi connectivity index (χ0) is 11.8. The van der Waals surface area contributed by atoms with Gasteiger partial charge in [0.2, 0.25) is 0 Å². The maximum absolute atomic E-state index is 11.6. The number of ether oxygens (including phenoxy) is 2. The van der Waals surface area contributed by atoms with Gasteiger partial charge >= 0.3 is 0 Å². The Labute approximate surface area is 97.5 Å². The molecule has 2 rings (SSSR count). The number of ketones is 1. The lowest BCUT2D eigenvalue weighted by atomic mass is 9.67. The van der Waals surface area contributed by atoms with Gasteiger partial charge in [-0.2, -0.15) is 0 Å². The molecule has 92 valence electrons. The first-order valence-electron chi connectivity index (χ1n) is 6.39. The molecule has 1 heterocycles. The van der Waals surface area contributed by atoms with Gasteiger partial charge in [-0.1, -0.05) is 20.3 Å². The average molecular weight is 226 g/mol. The van der Waals surface area contributed by atoms with Crippen LogP contribution in [0.1, 0.15) is 40.0 Å². The third kappa shape index (κ3) is 1.80. The first-order chi connectivity index (χ1) is 7.60. The molecule has 2 aliphatic rings. The van der Waals surface area contributed by atoms with Crippen LogP contribution in [0.25, 0.3) is 0 Å². The Bertz CT molecular complexity index is 268. The average Bonchev–Trinajstić information content (AvgIpc) is 2.71. The van der Waals surface area contributed by atoms with Crippen molar-refractivity contribution >= 4 is 5.78 Å². The third-order valence-electron chi connectivity index (χ3n) is 4.43. The van der Waals surface area contributed by atoms with Crippen LogP contribution in [0.2, 0.25) is 0 Å². The molecule has 0 aromatic rings. The molecule has 0 bridgehead atoms. The molecule has 16 heavy (non-hydrogen) atoms. The van der Waals surface area contributed by atoms with Crippen molar-refractivity contribution in [2.75, 3.05) is 13.2 Å². The minimum absolute atomic E-state index is 0.207. The Hall–Kier alpha value is -0.410. The first-order valence-corrected chi connectivity index (χ1v) is 6.39. The van der Waals surface area contributed by atoms with E-state index in [1.807, 2.05) is 0 Å². The fourth-order valence-electron chi connectivity index (χ4n) is 3.49. The molecule has 3 atom stereocenters. The molecule has 1 spiro atoms. The predicted molar refractivity (Wildman–Crippen MR) is 61.0 cm³/mol. The lowest BCUT2D eigenvalue weighted by molar-refractivity contribution is -0.229. The zero-order valence-corrected chi connectivity index (χ0v) is 10.5. The Kier molecular flexibility index (Phi) is 3.36.